The molecule has 48 heavy (non-hydrogen) atoms. The lowest BCUT2D eigenvalue weighted by Crippen LogP contribution is -1.91. The summed E-state index contributed by atoms with van der Waals surface area (Å²) in [5, 5.41) is 7.55. The maximum absolute atomic E-state index is 2.36. The molecule has 224 valence electrons. The summed E-state index contributed by atoms with van der Waals surface area (Å²) in [7, 11) is 0. The molecule has 0 heterocycles. The van der Waals surface area contributed by atoms with Gasteiger partial charge in [0.2, 0.25) is 0 Å². The molecule has 0 aliphatic rings. The normalized spacial score (nSPS) is 11.3. The first kappa shape index (κ1) is 28.0. The average Bonchev–Trinajstić information content (AvgIpc) is 3.17. The average molecular weight is 609 g/mol. The summed E-state index contributed by atoms with van der Waals surface area (Å²) in [5.41, 5.74) is 12.4. The Bertz CT molecular complexity index is 2540. The van der Waals surface area contributed by atoms with Crippen LogP contribution in [-0.4, -0.2) is 0 Å². The van der Waals surface area contributed by atoms with E-state index in [9.17, 15) is 0 Å². The molecule has 0 amide bonds. The molecule has 0 unspecified atom stereocenters. The highest BCUT2D eigenvalue weighted by atomic mass is 14.2. The van der Waals surface area contributed by atoms with Crippen molar-refractivity contribution in [1.29, 1.82) is 0 Å². The van der Waals surface area contributed by atoms with E-state index in [1.165, 1.54) is 88.0 Å². The van der Waals surface area contributed by atoms with Gasteiger partial charge in [0.25, 0.3) is 0 Å². The van der Waals surface area contributed by atoms with Crippen molar-refractivity contribution in [3.8, 4) is 55.6 Å². The molecule has 0 aliphatic heterocycles. The third-order valence-electron chi connectivity index (χ3n) is 9.62. The van der Waals surface area contributed by atoms with E-state index in [-0.39, 0.29) is 0 Å². The molecule has 0 heteroatoms. The second-order valence-corrected chi connectivity index (χ2v) is 12.5. The van der Waals surface area contributed by atoms with Gasteiger partial charge >= 0.3 is 0 Å². The van der Waals surface area contributed by atoms with E-state index in [2.05, 4.69) is 194 Å². The van der Waals surface area contributed by atoms with Crippen LogP contribution in [0, 0.1) is 0 Å². The van der Waals surface area contributed by atoms with Gasteiger partial charge in [0.15, 0.2) is 0 Å². The zero-order valence-electron chi connectivity index (χ0n) is 26.5. The first-order valence-corrected chi connectivity index (χ1v) is 16.6. The van der Waals surface area contributed by atoms with Crippen molar-refractivity contribution in [3.63, 3.8) is 0 Å². The van der Waals surface area contributed by atoms with Gasteiger partial charge in [0.05, 0.1) is 0 Å². The Labute approximate surface area is 281 Å². The Hall–Kier alpha value is -6.24. The molecule has 0 aliphatic carbocycles. The summed E-state index contributed by atoms with van der Waals surface area (Å²) < 4.78 is 0. The molecule has 9 rings (SSSR count). The molecule has 0 spiro atoms. The Morgan fingerprint density at radius 1 is 0.188 bits per heavy atom. The lowest BCUT2D eigenvalue weighted by molar-refractivity contribution is 1.60. The summed E-state index contributed by atoms with van der Waals surface area (Å²) in [4.78, 5) is 0. The van der Waals surface area contributed by atoms with Crippen LogP contribution in [0.5, 0.6) is 0 Å². The minimum absolute atomic E-state index is 1.23. The van der Waals surface area contributed by atoms with Gasteiger partial charge in [-0.05, 0) is 112 Å². The summed E-state index contributed by atoms with van der Waals surface area (Å²) in [6, 6.07) is 70.7. The smallest absolute Gasteiger partial charge is 0.00262 e. The van der Waals surface area contributed by atoms with Gasteiger partial charge in [0.1, 0.15) is 0 Å². The Balaban J connectivity index is 1.18. The fourth-order valence-electron chi connectivity index (χ4n) is 7.33. The molecule has 9 aromatic rings. The minimum Gasteiger partial charge on any atom is -0.0622 e. The molecule has 0 nitrogen and oxygen atoms in total. The second kappa shape index (κ2) is 11.8. The molecule has 0 saturated carbocycles. The predicted octanol–water partition coefficient (Wildman–Crippen LogP) is 13.5. The van der Waals surface area contributed by atoms with Crippen molar-refractivity contribution in [1.82, 2.24) is 0 Å². The van der Waals surface area contributed by atoms with Crippen molar-refractivity contribution in [2.24, 2.45) is 0 Å². The lowest BCUT2D eigenvalue weighted by atomic mass is 9.85. The van der Waals surface area contributed by atoms with Crippen LogP contribution >= 0.6 is 0 Å². The van der Waals surface area contributed by atoms with Crippen molar-refractivity contribution < 1.29 is 0 Å². The van der Waals surface area contributed by atoms with Crippen molar-refractivity contribution in [3.05, 3.63) is 194 Å². The minimum atomic E-state index is 1.23. The SMILES string of the molecule is c1ccc(-c2cccc(-c3ccc4cc(-c5c6ccccc6c(-c6cccc(-c7ccccc7)c6)c6ccccc56)ccc4c3)c2)cc1. The topological polar surface area (TPSA) is 0 Å². The van der Waals surface area contributed by atoms with E-state index >= 15 is 0 Å². The Morgan fingerprint density at radius 2 is 0.500 bits per heavy atom. The van der Waals surface area contributed by atoms with Crippen LogP contribution in [0.1, 0.15) is 0 Å². The lowest BCUT2D eigenvalue weighted by Gasteiger charge is -2.18. The largest absolute Gasteiger partial charge is 0.0622 e. The molecule has 0 radical (unpaired) electrons. The summed E-state index contributed by atoms with van der Waals surface area (Å²) >= 11 is 0. The van der Waals surface area contributed by atoms with Crippen LogP contribution < -0.4 is 0 Å². The zero-order chi connectivity index (χ0) is 31.9. The Kier molecular flexibility index (Phi) is 6.91. The number of hydrogen-bond acceptors (Lipinski definition) is 0. The van der Waals surface area contributed by atoms with Crippen LogP contribution in [0.15, 0.2) is 194 Å². The fraction of sp³-hybridized carbons (Fsp3) is 0. The van der Waals surface area contributed by atoms with E-state index < -0.39 is 0 Å². The standard InChI is InChI=1S/C48H32/c1-3-13-33(14-4-1)35-17-11-19-37(29-35)38-25-26-40-32-42(28-27-39(40)30-38)48-45-23-9-7-21-43(45)47(44-22-8-10-24-46(44)48)41-20-12-18-36(31-41)34-15-5-2-6-16-34/h1-32H. The summed E-state index contributed by atoms with van der Waals surface area (Å²) in [5.74, 6) is 0. The van der Waals surface area contributed by atoms with E-state index in [0.717, 1.165) is 0 Å². The highest BCUT2D eigenvalue weighted by molar-refractivity contribution is 6.21. The molecule has 0 aromatic heterocycles. The molecule has 0 saturated heterocycles. The monoisotopic (exact) mass is 608 g/mol. The molecule has 0 N–H and O–H groups in total. The maximum Gasteiger partial charge on any atom is -0.00262 e. The highest BCUT2D eigenvalue weighted by Gasteiger charge is 2.17. The Morgan fingerprint density at radius 3 is 1.00 bits per heavy atom. The quantitative estimate of drug-likeness (QED) is 0.171. The molecule has 0 bridgehead atoms. The third-order valence-corrected chi connectivity index (χ3v) is 9.62. The zero-order valence-corrected chi connectivity index (χ0v) is 26.5. The third kappa shape index (κ3) is 4.96. The number of benzene rings is 9. The van der Waals surface area contributed by atoms with Crippen LogP contribution in [0.3, 0.4) is 0 Å². The van der Waals surface area contributed by atoms with Gasteiger partial charge in [0, 0.05) is 0 Å². The molecule has 0 fully saturated rings. The van der Waals surface area contributed by atoms with Gasteiger partial charge < -0.3 is 0 Å². The van der Waals surface area contributed by atoms with E-state index in [0.29, 0.717) is 0 Å². The van der Waals surface area contributed by atoms with Crippen molar-refractivity contribution in [2.75, 3.05) is 0 Å². The highest BCUT2D eigenvalue weighted by Crippen LogP contribution is 2.44. The number of fused-ring (bicyclic) bond motifs is 3. The summed E-state index contributed by atoms with van der Waals surface area (Å²) in [6.07, 6.45) is 0. The van der Waals surface area contributed by atoms with Crippen LogP contribution in [0.2, 0.25) is 0 Å². The number of rotatable bonds is 5. The van der Waals surface area contributed by atoms with Gasteiger partial charge in [-0.2, -0.15) is 0 Å². The molecular weight excluding hydrogens is 577 g/mol. The van der Waals surface area contributed by atoms with Gasteiger partial charge in [-0.15, -0.1) is 0 Å². The molecular formula is C48H32. The first-order chi connectivity index (χ1) is 23.8. The predicted molar refractivity (Wildman–Crippen MR) is 206 cm³/mol. The molecule has 0 atom stereocenters. The van der Waals surface area contributed by atoms with Crippen LogP contribution in [0.4, 0.5) is 0 Å². The maximum atomic E-state index is 2.36. The van der Waals surface area contributed by atoms with Crippen LogP contribution in [0.25, 0.3) is 88.0 Å². The fourth-order valence-corrected chi connectivity index (χ4v) is 7.33. The first-order valence-electron chi connectivity index (χ1n) is 16.6. The van der Waals surface area contributed by atoms with Crippen molar-refractivity contribution in [2.45, 2.75) is 0 Å². The van der Waals surface area contributed by atoms with Gasteiger partial charge in [-0.25, -0.2) is 0 Å². The van der Waals surface area contributed by atoms with Crippen molar-refractivity contribution >= 4 is 32.3 Å². The number of hydrogen-bond donors (Lipinski definition) is 0. The van der Waals surface area contributed by atoms with Gasteiger partial charge in [-0.1, -0.05) is 170 Å². The van der Waals surface area contributed by atoms with Crippen LogP contribution in [-0.2, 0) is 0 Å². The van der Waals surface area contributed by atoms with Gasteiger partial charge in [-0.3, -0.25) is 0 Å². The van der Waals surface area contributed by atoms with E-state index in [4.69, 9.17) is 0 Å². The van der Waals surface area contributed by atoms with E-state index in [1.54, 1.807) is 0 Å². The molecule has 9 aromatic carbocycles. The summed E-state index contributed by atoms with van der Waals surface area (Å²) in [6.45, 7) is 0. The van der Waals surface area contributed by atoms with E-state index in [1.807, 2.05) is 0 Å². The second-order valence-electron chi connectivity index (χ2n) is 12.5.